The van der Waals surface area contributed by atoms with Crippen LogP contribution in [0.3, 0.4) is 0 Å². The van der Waals surface area contributed by atoms with Gasteiger partial charge < -0.3 is 34.1 Å². The summed E-state index contributed by atoms with van der Waals surface area (Å²) in [4.78, 5) is 26.0. The molecule has 1 aromatic heterocycles. The van der Waals surface area contributed by atoms with Crippen LogP contribution in [0.15, 0.2) is 66.9 Å². The summed E-state index contributed by atoms with van der Waals surface area (Å²) in [7, 11) is 1.86. The molecule has 41 heavy (non-hydrogen) atoms. The zero-order valence-corrected chi connectivity index (χ0v) is 22.6. The quantitative estimate of drug-likeness (QED) is 0.336. The second-order valence-electron chi connectivity index (χ2n) is 9.76. The van der Waals surface area contributed by atoms with Gasteiger partial charge in [-0.05, 0) is 30.3 Å². The van der Waals surface area contributed by atoms with Gasteiger partial charge in [0, 0.05) is 60.1 Å². The van der Waals surface area contributed by atoms with Gasteiger partial charge in [-0.2, -0.15) is 4.98 Å². The Morgan fingerprint density at radius 1 is 1.05 bits per heavy atom. The van der Waals surface area contributed by atoms with Crippen LogP contribution >= 0.6 is 0 Å². The number of hydrogen-bond acceptors (Lipinski definition) is 9. The van der Waals surface area contributed by atoms with E-state index < -0.39 is 11.7 Å². The summed E-state index contributed by atoms with van der Waals surface area (Å²) < 4.78 is 37.1. The molecule has 10 nitrogen and oxygen atoms in total. The molecule has 1 N–H and O–H groups in total. The fourth-order valence-electron chi connectivity index (χ4n) is 4.88. The number of hydrogen-bond donors (Lipinski definition) is 1. The highest BCUT2D eigenvalue weighted by Crippen LogP contribution is 2.34. The number of amides is 1. The first kappa shape index (κ1) is 26.9. The first-order valence-electron chi connectivity index (χ1n) is 13.4. The molecule has 0 radical (unpaired) electrons. The lowest BCUT2D eigenvalue weighted by Crippen LogP contribution is -2.36. The molecule has 0 atom stereocenters. The van der Waals surface area contributed by atoms with Gasteiger partial charge in [-0.1, -0.05) is 24.3 Å². The molecule has 0 unspecified atom stereocenters. The average molecular weight is 560 g/mol. The van der Waals surface area contributed by atoms with Gasteiger partial charge >= 0.3 is 0 Å². The summed E-state index contributed by atoms with van der Waals surface area (Å²) in [5.41, 5.74) is 1.47. The third-order valence-corrected chi connectivity index (χ3v) is 6.94. The second-order valence-corrected chi connectivity index (χ2v) is 9.76. The highest BCUT2D eigenvalue weighted by atomic mass is 19.1. The van der Waals surface area contributed by atoms with Gasteiger partial charge in [0.2, 0.25) is 11.8 Å². The Morgan fingerprint density at radius 2 is 1.83 bits per heavy atom. The van der Waals surface area contributed by atoms with Crippen molar-refractivity contribution in [3.05, 3.63) is 78.2 Å². The first-order valence-corrected chi connectivity index (χ1v) is 13.4. The van der Waals surface area contributed by atoms with Gasteiger partial charge in [-0.15, -0.1) is 0 Å². The SMILES string of the molecule is CN(CC1OCCO1)c1nccc(Oc2ccc(NC(=O)c3cc(F)cc(N4CCOCC4)c3)c3ccccc23)n1. The summed E-state index contributed by atoms with van der Waals surface area (Å²) in [6, 6.07) is 17.2. The maximum Gasteiger partial charge on any atom is 0.255 e. The number of halogens is 1. The average Bonchev–Trinajstić information content (AvgIpc) is 3.52. The Bertz CT molecular complexity index is 1540. The molecule has 2 aliphatic heterocycles. The predicted octanol–water partition coefficient (Wildman–Crippen LogP) is 4.46. The number of ether oxygens (including phenoxy) is 4. The van der Waals surface area contributed by atoms with E-state index in [-0.39, 0.29) is 11.9 Å². The van der Waals surface area contributed by atoms with Crippen LogP contribution in [0.25, 0.3) is 10.8 Å². The van der Waals surface area contributed by atoms with Gasteiger partial charge in [-0.25, -0.2) is 9.37 Å². The van der Waals surface area contributed by atoms with Crippen LogP contribution < -0.4 is 19.9 Å². The Morgan fingerprint density at radius 3 is 2.63 bits per heavy atom. The zero-order chi connectivity index (χ0) is 28.2. The van der Waals surface area contributed by atoms with Crippen LogP contribution in [0.5, 0.6) is 11.6 Å². The van der Waals surface area contributed by atoms with Crippen LogP contribution in [0.1, 0.15) is 10.4 Å². The van der Waals surface area contributed by atoms with Gasteiger partial charge in [0.1, 0.15) is 11.6 Å². The molecule has 4 aromatic rings. The number of likely N-dealkylation sites (N-methyl/N-ethyl adjacent to an activating group) is 1. The summed E-state index contributed by atoms with van der Waals surface area (Å²) >= 11 is 0. The summed E-state index contributed by atoms with van der Waals surface area (Å²) in [5.74, 6) is 0.532. The number of rotatable bonds is 8. The molecule has 6 rings (SSSR count). The number of benzene rings is 3. The Labute approximate surface area is 236 Å². The molecule has 212 valence electrons. The van der Waals surface area contributed by atoms with Crippen molar-refractivity contribution in [2.75, 3.05) is 68.2 Å². The van der Waals surface area contributed by atoms with E-state index in [4.69, 9.17) is 18.9 Å². The Kier molecular flexibility index (Phi) is 7.90. The van der Waals surface area contributed by atoms with Crippen LogP contribution in [0, 0.1) is 5.82 Å². The summed E-state index contributed by atoms with van der Waals surface area (Å²) in [6.07, 6.45) is 1.31. The van der Waals surface area contributed by atoms with E-state index in [1.807, 2.05) is 41.1 Å². The second kappa shape index (κ2) is 12.0. The molecule has 2 fully saturated rings. The molecule has 2 aliphatic rings. The largest absolute Gasteiger partial charge is 0.438 e. The monoisotopic (exact) mass is 559 g/mol. The number of nitrogens with one attached hydrogen (secondary N) is 1. The third kappa shape index (κ3) is 6.22. The molecule has 0 saturated carbocycles. The van der Waals surface area contributed by atoms with Crippen LogP contribution in [0.4, 0.5) is 21.7 Å². The molecular formula is C30H30FN5O5. The topological polar surface area (TPSA) is 98.3 Å². The van der Waals surface area contributed by atoms with Crippen molar-refractivity contribution in [1.29, 1.82) is 0 Å². The maximum atomic E-state index is 14.5. The molecule has 11 heteroatoms. The van der Waals surface area contributed by atoms with Crippen LogP contribution in [-0.4, -0.2) is 75.3 Å². The lowest BCUT2D eigenvalue weighted by atomic mass is 10.1. The fourth-order valence-corrected chi connectivity index (χ4v) is 4.88. The summed E-state index contributed by atoms with van der Waals surface area (Å²) in [5, 5.41) is 4.49. The number of fused-ring (bicyclic) bond motifs is 1. The van der Waals surface area contributed by atoms with E-state index in [2.05, 4.69) is 15.3 Å². The predicted molar refractivity (Wildman–Crippen MR) is 152 cm³/mol. The van der Waals surface area contributed by atoms with Crippen molar-refractivity contribution in [3.8, 4) is 11.6 Å². The molecule has 2 saturated heterocycles. The maximum absolute atomic E-state index is 14.5. The molecule has 0 aliphatic carbocycles. The fraction of sp³-hybridized carbons (Fsp3) is 0.300. The van der Waals surface area contributed by atoms with Gasteiger partial charge in [0.15, 0.2) is 6.29 Å². The number of carbonyl (C=O) groups is 1. The molecule has 3 aromatic carbocycles. The minimum absolute atomic E-state index is 0.238. The van der Waals surface area contributed by atoms with Crippen LogP contribution in [0.2, 0.25) is 0 Å². The minimum atomic E-state index is -0.467. The standard InChI is InChI=1S/C30H30FN5O5/c1-35(19-28-39-14-15-40-28)30-32-9-8-27(34-30)41-26-7-6-25(23-4-2-3-5-24(23)26)33-29(37)20-16-21(31)18-22(17-20)36-10-12-38-13-11-36/h2-9,16-18,28H,10-15,19H2,1H3,(H,33,37). The molecule has 3 heterocycles. The van der Waals surface area contributed by atoms with Gasteiger partial charge in [-0.3, -0.25) is 4.79 Å². The zero-order valence-electron chi connectivity index (χ0n) is 22.6. The van der Waals surface area contributed by atoms with E-state index in [9.17, 15) is 9.18 Å². The van der Waals surface area contributed by atoms with Crippen LogP contribution in [-0.2, 0) is 14.2 Å². The Balaban J connectivity index is 1.21. The van der Waals surface area contributed by atoms with E-state index in [0.717, 1.165) is 10.8 Å². The van der Waals surface area contributed by atoms with Crippen molar-refractivity contribution >= 4 is 34.0 Å². The third-order valence-electron chi connectivity index (χ3n) is 6.94. The smallest absolute Gasteiger partial charge is 0.255 e. The van der Waals surface area contributed by atoms with E-state index in [1.54, 1.807) is 30.5 Å². The number of carbonyl (C=O) groups excluding carboxylic acids is 1. The highest BCUT2D eigenvalue weighted by Gasteiger charge is 2.20. The Hall–Kier alpha value is -4.32. The van der Waals surface area contributed by atoms with Gasteiger partial charge in [0.25, 0.3) is 5.91 Å². The molecular weight excluding hydrogens is 529 g/mol. The number of morpholine rings is 1. The van der Waals surface area contributed by atoms with Crippen molar-refractivity contribution in [2.24, 2.45) is 0 Å². The number of aromatic nitrogens is 2. The van der Waals surface area contributed by atoms with Gasteiger partial charge in [0.05, 0.1) is 33.0 Å². The van der Waals surface area contributed by atoms with E-state index >= 15 is 0 Å². The lowest BCUT2D eigenvalue weighted by molar-refractivity contribution is -0.0338. The van der Waals surface area contributed by atoms with Crippen molar-refractivity contribution in [3.63, 3.8) is 0 Å². The van der Waals surface area contributed by atoms with E-state index in [0.29, 0.717) is 75.0 Å². The number of anilines is 3. The normalized spacial score (nSPS) is 15.7. The molecule has 0 bridgehead atoms. The summed E-state index contributed by atoms with van der Waals surface area (Å²) in [6.45, 7) is 4.05. The van der Waals surface area contributed by atoms with Crippen molar-refractivity contribution in [1.82, 2.24) is 9.97 Å². The molecule has 1 amide bonds. The van der Waals surface area contributed by atoms with E-state index in [1.165, 1.54) is 12.1 Å². The van der Waals surface area contributed by atoms with Crippen molar-refractivity contribution in [2.45, 2.75) is 6.29 Å². The first-order chi connectivity index (χ1) is 20.0. The lowest BCUT2D eigenvalue weighted by Gasteiger charge is -2.29. The van der Waals surface area contributed by atoms with Crippen molar-refractivity contribution < 1.29 is 28.1 Å². The molecule has 0 spiro atoms. The highest BCUT2D eigenvalue weighted by molar-refractivity contribution is 6.10. The minimum Gasteiger partial charge on any atom is -0.438 e. The number of nitrogens with zero attached hydrogens (tertiary/aromatic N) is 4.